The molecule has 0 heterocycles. The van der Waals surface area contributed by atoms with E-state index in [1.807, 2.05) is 66.0 Å². The van der Waals surface area contributed by atoms with E-state index in [2.05, 4.69) is 5.32 Å². The van der Waals surface area contributed by atoms with E-state index >= 15 is 0 Å². The van der Waals surface area contributed by atoms with Crippen LogP contribution < -0.4 is 10.6 Å². The smallest absolute Gasteiger partial charge is 0.326 e. The Hall–Kier alpha value is -3.12. The van der Waals surface area contributed by atoms with Gasteiger partial charge in [-0.3, -0.25) is 4.79 Å². The van der Waals surface area contributed by atoms with Gasteiger partial charge in [0.05, 0.1) is 11.3 Å². The summed E-state index contributed by atoms with van der Waals surface area (Å²) in [7, 11) is 0. The third-order valence-electron chi connectivity index (χ3n) is 4.70. The summed E-state index contributed by atoms with van der Waals surface area (Å²) in [6, 6.07) is 23.6. The highest BCUT2D eigenvalue weighted by Gasteiger charge is 2.34. The van der Waals surface area contributed by atoms with Crippen molar-refractivity contribution < 1.29 is 23.3 Å². The van der Waals surface area contributed by atoms with E-state index in [0.29, 0.717) is 0 Å². The standard InChI is InChI=1S/C23H21F3N2O/c1-16(22(29)28-20-15-9-8-14-19(20)23(24,25)26)27-21(17-10-4-2-5-11-17)18-12-6-3-7-13-18/h2-16,21,27H,1H3,(H,28,29)/p+1/t16-/m1/s1. The van der Waals surface area contributed by atoms with Gasteiger partial charge >= 0.3 is 6.18 Å². The molecule has 0 spiro atoms. The largest absolute Gasteiger partial charge is 0.418 e. The third kappa shape index (κ3) is 5.23. The molecule has 3 N–H and O–H groups in total. The van der Waals surface area contributed by atoms with E-state index in [0.717, 1.165) is 17.2 Å². The molecule has 3 aromatic rings. The molecule has 0 radical (unpaired) electrons. The van der Waals surface area contributed by atoms with Crippen molar-refractivity contribution in [2.45, 2.75) is 25.2 Å². The van der Waals surface area contributed by atoms with Crippen molar-refractivity contribution in [2.24, 2.45) is 0 Å². The van der Waals surface area contributed by atoms with Crippen molar-refractivity contribution >= 4 is 11.6 Å². The number of alkyl halides is 3. The summed E-state index contributed by atoms with van der Waals surface area (Å²) in [4.78, 5) is 12.7. The van der Waals surface area contributed by atoms with E-state index in [1.54, 1.807) is 6.92 Å². The third-order valence-corrected chi connectivity index (χ3v) is 4.70. The number of quaternary nitrogens is 1. The summed E-state index contributed by atoms with van der Waals surface area (Å²) in [6.07, 6.45) is -4.53. The molecule has 29 heavy (non-hydrogen) atoms. The normalized spacial score (nSPS) is 12.6. The van der Waals surface area contributed by atoms with Crippen molar-refractivity contribution in [1.29, 1.82) is 0 Å². The maximum atomic E-state index is 13.2. The molecule has 3 nitrogen and oxygen atoms in total. The van der Waals surface area contributed by atoms with E-state index < -0.39 is 23.7 Å². The van der Waals surface area contributed by atoms with Gasteiger partial charge in [-0.1, -0.05) is 72.8 Å². The quantitative estimate of drug-likeness (QED) is 0.635. The lowest BCUT2D eigenvalue weighted by Gasteiger charge is -2.21. The summed E-state index contributed by atoms with van der Waals surface area (Å²) in [5, 5.41) is 4.29. The fourth-order valence-electron chi connectivity index (χ4n) is 3.20. The fourth-order valence-corrected chi connectivity index (χ4v) is 3.20. The van der Waals surface area contributed by atoms with Crippen LogP contribution in [0.2, 0.25) is 0 Å². The molecule has 0 fully saturated rings. The Bertz CT molecular complexity index is 904. The van der Waals surface area contributed by atoms with Crippen LogP contribution in [0.4, 0.5) is 18.9 Å². The zero-order valence-corrected chi connectivity index (χ0v) is 15.9. The molecule has 0 aliphatic rings. The highest BCUT2D eigenvalue weighted by atomic mass is 19.4. The second kappa shape index (κ2) is 8.92. The number of para-hydroxylation sites is 1. The monoisotopic (exact) mass is 399 g/mol. The number of nitrogens with one attached hydrogen (secondary N) is 1. The average Bonchev–Trinajstić information content (AvgIpc) is 2.72. The molecule has 0 bridgehead atoms. The molecule has 3 rings (SSSR count). The number of amides is 1. The summed E-state index contributed by atoms with van der Waals surface area (Å²) >= 11 is 0. The van der Waals surface area contributed by atoms with Gasteiger partial charge in [0.1, 0.15) is 6.04 Å². The summed E-state index contributed by atoms with van der Waals surface area (Å²) < 4.78 is 39.6. The maximum absolute atomic E-state index is 13.2. The molecule has 150 valence electrons. The molecule has 1 amide bonds. The minimum atomic E-state index is -4.53. The van der Waals surface area contributed by atoms with Crippen molar-refractivity contribution in [2.75, 3.05) is 5.32 Å². The van der Waals surface area contributed by atoms with Crippen LogP contribution in [-0.4, -0.2) is 11.9 Å². The predicted octanol–water partition coefficient (Wildman–Crippen LogP) is 4.39. The van der Waals surface area contributed by atoms with Gasteiger partial charge in [0.15, 0.2) is 6.04 Å². The van der Waals surface area contributed by atoms with Crippen LogP contribution in [0, 0.1) is 0 Å². The number of benzene rings is 3. The van der Waals surface area contributed by atoms with Crippen molar-refractivity contribution in [3.8, 4) is 0 Å². The number of hydrogen-bond donors (Lipinski definition) is 2. The van der Waals surface area contributed by atoms with Crippen LogP contribution in [0.15, 0.2) is 84.9 Å². The molecule has 0 saturated heterocycles. The molecule has 0 unspecified atom stereocenters. The van der Waals surface area contributed by atoms with Gasteiger partial charge in [-0.2, -0.15) is 13.2 Å². The summed E-state index contributed by atoms with van der Waals surface area (Å²) in [5.41, 5.74) is 0.924. The van der Waals surface area contributed by atoms with E-state index in [4.69, 9.17) is 0 Å². The van der Waals surface area contributed by atoms with Gasteiger partial charge in [0.2, 0.25) is 0 Å². The van der Waals surface area contributed by atoms with E-state index in [9.17, 15) is 18.0 Å². The van der Waals surface area contributed by atoms with E-state index in [1.165, 1.54) is 18.2 Å². The van der Waals surface area contributed by atoms with Crippen LogP contribution in [0.3, 0.4) is 0 Å². The Morgan fingerprint density at radius 1 is 0.828 bits per heavy atom. The first-order valence-electron chi connectivity index (χ1n) is 9.28. The fraction of sp³-hybridized carbons (Fsp3) is 0.174. The first kappa shape index (κ1) is 20.6. The lowest BCUT2D eigenvalue weighted by atomic mass is 9.98. The second-order valence-electron chi connectivity index (χ2n) is 6.81. The van der Waals surface area contributed by atoms with Crippen LogP contribution in [0.25, 0.3) is 0 Å². The predicted molar refractivity (Wildman–Crippen MR) is 106 cm³/mol. The number of hydrogen-bond acceptors (Lipinski definition) is 1. The minimum absolute atomic E-state index is 0.156. The summed E-state index contributed by atoms with van der Waals surface area (Å²) in [6.45, 7) is 1.68. The number of carbonyl (C=O) groups is 1. The minimum Gasteiger partial charge on any atom is -0.326 e. The average molecular weight is 399 g/mol. The number of rotatable bonds is 6. The molecule has 0 aliphatic carbocycles. The van der Waals surface area contributed by atoms with Gasteiger partial charge in [0, 0.05) is 11.1 Å². The number of nitrogens with two attached hydrogens (primary N) is 1. The van der Waals surface area contributed by atoms with Crippen LogP contribution in [0.1, 0.15) is 29.7 Å². The van der Waals surface area contributed by atoms with E-state index in [-0.39, 0.29) is 11.7 Å². The highest BCUT2D eigenvalue weighted by Crippen LogP contribution is 2.34. The Morgan fingerprint density at radius 2 is 1.31 bits per heavy atom. The van der Waals surface area contributed by atoms with Crippen molar-refractivity contribution in [3.05, 3.63) is 102 Å². The van der Waals surface area contributed by atoms with Gasteiger partial charge < -0.3 is 10.6 Å². The molecule has 3 aromatic carbocycles. The van der Waals surface area contributed by atoms with Crippen LogP contribution in [0.5, 0.6) is 0 Å². The topological polar surface area (TPSA) is 45.7 Å². The number of halogens is 3. The Morgan fingerprint density at radius 3 is 1.83 bits per heavy atom. The van der Waals surface area contributed by atoms with Crippen molar-refractivity contribution in [1.82, 2.24) is 0 Å². The molecular weight excluding hydrogens is 377 g/mol. The lowest BCUT2D eigenvalue weighted by molar-refractivity contribution is -0.704. The van der Waals surface area contributed by atoms with Crippen LogP contribution in [-0.2, 0) is 11.0 Å². The Balaban J connectivity index is 1.80. The van der Waals surface area contributed by atoms with Crippen LogP contribution >= 0.6 is 0 Å². The zero-order chi connectivity index (χ0) is 20.9. The Labute approximate surface area is 167 Å². The van der Waals surface area contributed by atoms with Gasteiger partial charge in [0.25, 0.3) is 5.91 Å². The molecular formula is C23H22F3N2O+. The molecule has 0 saturated carbocycles. The molecule has 1 atom stereocenters. The SMILES string of the molecule is C[C@@H]([NH2+]C(c1ccccc1)c1ccccc1)C(=O)Nc1ccccc1C(F)(F)F. The highest BCUT2D eigenvalue weighted by molar-refractivity contribution is 5.94. The second-order valence-corrected chi connectivity index (χ2v) is 6.81. The zero-order valence-electron chi connectivity index (χ0n) is 15.9. The van der Waals surface area contributed by atoms with Crippen molar-refractivity contribution in [3.63, 3.8) is 0 Å². The first-order valence-corrected chi connectivity index (χ1v) is 9.28. The lowest BCUT2D eigenvalue weighted by Crippen LogP contribution is -2.92. The first-order chi connectivity index (χ1) is 13.9. The van der Waals surface area contributed by atoms with Gasteiger partial charge in [-0.05, 0) is 19.1 Å². The molecule has 0 aromatic heterocycles. The van der Waals surface area contributed by atoms with Gasteiger partial charge in [-0.25, -0.2) is 0 Å². The number of anilines is 1. The number of carbonyl (C=O) groups excluding carboxylic acids is 1. The maximum Gasteiger partial charge on any atom is 0.418 e. The van der Waals surface area contributed by atoms with Gasteiger partial charge in [-0.15, -0.1) is 0 Å². The molecule has 0 aliphatic heterocycles. The Kier molecular flexibility index (Phi) is 6.34. The molecule has 6 heteroatoms. The summed E-state index contributed by atoms with van der Waals surface area (Å²) in [5.74, 6) is -0.487.